The number of hydrogen-bond donors (Lipinski definition) is 2. The van der Waals surface area contributed by atoms with Gasteiger partial charge in [-0.25, -0.2) is 10.8 Å². The Kier molecular flexibility index (Phi) is 3.60. The van der Waals surface area contributed by atoms with Gasteiger partial charge in [0.25, 0.3) is 5.91 Å². The number of nitrogen functional groups attached to an aromatic ring is 1. The van der Waals surface area contributed by atoms with Crippen molar-refractivity contribution in [3.8, 4) is 0 Å². The van der Waals surface area contributed by atoms with Crippen molar-refractivity contribution in [3.63, 3.8) is 0 Å². The molecule has 0 saturated heterocycles. The quantitative estimate of drug-likeness (QED) is 0.443. The summed E-state index contributed by atoms with van der Waals surface area (Å²) in [5, 5.41) is 1.76. The molecule has 0 aliphatic carbocycles. The number of para-hydroxylation sites is 1. The highest BCUT2D eigenvalue weighted by Crippen LogP contribution is 2.24. The second-order valence-electron chi connectivity index (χ2n) is 4.61. The second-order valence-corrected chi connectivity index (χ2v) is 5.02. The maximum absolute atomic E-state index is 11.5. The van der Waals surface area contributed by atoms with Crippen molar-refractivity contribution < 1.29 is 4.79 Å². The minimum absolute atomic E-state index is 0.289. The molecule has 6 heteroatoms. The summed E-state index contributed by atoms with van der Waals surface area (Å²) in [5.74, 6) is 4.71. The third kappa shape index (κ3) is 2.61. The van der Waals surface area contributed by atoms with Crippen LogP contribution in [0.3, 0.4) is 0 Å². The lowest BCUT2D eigenvalue weighted by molar-refractivity contribution is 0.0948. The number of hydrazine groups is 1. The normalized spacial score (nSPS) is 10.8. The molecule has 5 nitrogen and oxygen atoms in total. The Bertz CT molecular complexity index is 812. The Morgan fingerprint density at radius 1 is 1.24 bits per heavy atom. The Balaban J connectivity index is 1.97. The Morgan fingerprint density at radius 3 is 2.86 bits per heavy atom. The number of nitrogens with two attached hydrogens (primary N) is 1. The number of benzene rings is 1. The van der Waals surface area contributed by atoms with Crippen molar-refractivity contribution in [2.24, 2.45) is 5.84 Å². The maximum atomic E-state index is 11.5. The fourth-order valence-corrected chi connectivity index (χ4v) is 2.58. The maximum Gasteiger partial charge on any atom is 0.283 e. The number of rotatable bonds is 3. The van der Waals surface area contributed by atoms with Crippen LogP contribution in [0.4, 0.5) is 0 Å². The molecule has 0 radical (unpaired) electrons. The summed E-state index contributed by atoms with van der Waals surface area (Å²) in [6, 6.07) is 13.0. The van der Waals surface area contributed by atoms with Crippen molar-refractivity contribution in [2.75, 3.05) is 0 Å². The molecule has 3 rings (SSSR count). The van der Waals surface area contributed by atoms with Gasteiger partial charge in [0.1, 0.15) is 5.69 Å². The van der Waals surface area contributed by atoms with Gasteiger partial charge in [-0.05, 0) is 24.3 Å². The standard InChI is InChI=1S/C15H13ClN4O/c16-12-5-1-3-10-7-8-20(14(10)12)9-11-4-2-6-13(18-11)15(21)19-17/h1-8H,9,17H2,(H,19,21). The van der Waals surface area contributed by atoms with Gasteiger partial charge < -0.3 is 4.57 Å². The van der Waals surface area contributed by atoms with Crippen molar-refractivity contribution in [3.05, 3.63) is 65.1 Å². The number of nitrogens with one attached hydrogen (secondary N) is 1. The van der Waals surface area contributed by atoms with Crippen molar-refractivity contribution in [1.29, 1.82) is 0 Å². The third-order valence-corrected chi connectivity index (χ3v) is 3.55. The molecule has 2 aromatic heterocycles. The molecule has 0 atom stereocenters. The molecule has 1 aromatic carbocycles. The Hall–Kier alpha value is -2.37. The molecule has 21 heavy (non-hydrogen) atoms. The number of pyridine rings is 1. The molecule has 0 saturated carbocycles. The lowest BCUT2D eigenvalue weighted by atomic mass is 10.2. The van der Waals surface area contributed by atoms with E-state index in [0.29, 0.717) is 11.6 Å². The summed E-state index contributed by atoms with van der Waals surface area (Å²) >= 11 is 6.25. The van der Waals surface area contributed by atoms with E-state index in [1.54, 1.807) is 12.1 Å². The number of carbonyl (C=O) groups excluding carboxylic acids is 1. The molecule has 0 aliphatic heterocycles. The van der Waals surface area contributed by atoms with Crippen LogP contribution in [0.2, 0.25) is 5.02 Å². The monoisotopic (exact) mass is 300 g/mol. The molecular weight excluding hydrogens is 288 g/mol. The highest BCUT2D eigenvalue weighted by molar-refractivity contribution is 6.35. The fraction of sp³-hybridized carbons (Fsp3) is 0.0667. The number of carbonyl (C=O) groups is 1. The smallest absolute Gasteiger partial charge is 0.283 e. The number of nitrogens with zero attached hydrogens (tertiary/aromatic N) is 2. The summed E-state index contributed by atoms with van der Waals surface area (Å²) in [6.07, 6.45) is 1.95. The number of fused-ring (bicyclic) bond motifs is 1. The predicted molar refractivity (Wildman–Crippen MR) is 81.9 cm³/mol. The van der Waals surface area contributed by atoms with Gasteiger partial charge in [0.15, 0.2) is 0 Å². The lowest BCUT2D eigenvalue weighted by Gasteiger charge is -2.07. The zero-order valence-electron chi connectivity index (χ0n) is 11.1. The molecule has 0 spiro atoms. The molecule has 3 N–H and O–H groups in total. The van der Waals surface area contributed by atoms with Gasteiger partial charge >= 0.3 is 0 Å². The molecule has 0 unspecified atom stereocenters. The molecule has 106 valence electrons. The highest BCUT2D eigenvalue weighted by Gasteiger charge is 2.09. The molecule has 0 aliphatic rings. The Labute approximate surface area is 126 Å². The minimum atomic E-state index is -0.410. The lowest BCUT2D eigenvalue weighted by Crippen LogP contribution is -2.30. The van der Waals surface area contributed by atoms with Crippen LogP contribution in [0.15, 0.2) is 48.7 Å². The van der Waals surface area contributed by atoms with Crippen LogP contribution in [0.5, 0.6) is 0 Å². The summed E-state index contributed by atoms with van der Waals surface area (Å²) in [5.41, 5.74) is 4.08. The van der Waals surface area contributed by atoms with Gasteiger partial charge in [0.2, 0.25) is 0 Å². The predicted octanol–water partition coefficient (Wildman–Crippen LogP) is 2.34. The first-order valence-electron chi connectivity index (χ1n) is 6.39. The van der Waals surface area contributed by atoms with E-state index in [2.05, 4.69) is 10.4 Å². The largest absolute Gasteiger partial charge is 0.340 e. The first-order valence-corrected chi connectivity index (χ1v) is 6.77. The molecular formula is C15H13ClN4O. The van der Waals surface area contributed by atoms with E-state index in [1.165, 1.54) is 0 Å². The minimum Gasteiger partial charge on any atom is -0.340 e. The van der Waals surface area contributed by atoms with E-state index < -0.39 is 5.91 Å². The fourth-order valence-electron chi connectivity index (χ4n) is 2.29. The van der Waals surface area contributed by atoms with E-state index in [0.717, 1.165) is 16.6 Å². The average molecular weight is 301 g/mol. The van der Waals surface area contributed by atoms with Crippen LogP contribution in [-0.4, -0.2) is 15.5 Å². The SMILES string of the molecule is NNC(=O)c1cccc(Cn2ccc3cccc(Cl)c32)n1. The molecule has 1 amide bonds. The van der Waals surface area contributed by atoms with E-state index >= 15 is 0 Å². The van der Waals surface area contributed by atoms with E-state index in [1.807, 2.05) is 41.1 Å². The average Bonchev–Trinajstić information content (AvgIpc) is 2.91. The van der Waals surface area contributed by atoms with E-state index in [4.69, 9.17) is 17.4 Å². The molecule has 0 fully saturated rings. The number of hydrogen-bond acceptors (Lipinski definition) is 3. The summed E-state index contributed by atoms with van der Waals surface area (Å²) in [4.78, 5) is 15.8. The van der Waals surface area contributed by atoms with E-state index in [9.17, 15) is 4.79 Å². The summed E-state index contributed by atoms with van der Waals surface area (Å²) < 4.78 is 2.00. The number of aromatic nitrogens is 2. The first kappa shape index (κ1) is 13.6. The van der Waals surface area contributed by atoms with Gasteiger partial charge in [-0.2, -0.15) is 0 Å². The first-order chi connectivity index (χ1) is 10.2. The van der Waals surface area contributed by atoms with E-state index in [-0.39, 0.29) is 5.69 Å². The molecule has 2 heterocycles. The van der Waals surface area contributed by atoms with Crippen LogP contribution in [0, 0.1) is 0 Å². The third-order valence-electron chi connectivity index (χ3n) is 3.24. The van der Waals surface area contributed by atoms with Crippen LogP contribution in [0.1, 0.15) is 16.2 Å². The van der Waals surface area contributed by atoms with Gasteiger partial charge in [0, 0.05) is 11.6 Å². The zero-order chi connectivity index (χ0) is 14.8. The van der Waals surface area contributed by atoms with Gasteiger partial charge in [0.05, 0.1) is 22.8 Å². The highest BCUT2D eigenvalue weighted by atomic mass is 35.5. The van der Waals surface area contributed by atoms with Gasteiger partial charge in [-0.1, -0.05) is 29.8 Å². The molecule has 0 bridgehead atoms. The number of halogens is 1. The summed E-state index contributed by atoms with van der Waals surface area (Å²) in [7, 11) is 0. The van der Waals surface area contributed by atoms with Crippen LogP contribution < -0.4 is 11.3 Å². The van der Waals surface area contributed by atoms with Crippen molar-refractivity contribution in [1.82, 2.24) is 15.0 Å². The Morgan fingerprint density at radius 2 is 2.05 bits per heavy atom. The van der Waals surface area contributed by atoms with Crippen molar-refractivity contribution >= 4 is 28.4 Å². The van der Waals surface area contributed by atoms with Crippen LogP contribution in [0.25, 0.3) is 10.9 Å². The topological polar surface area (TPSA) is 72.9 Å². The summed E-state index contributed by atoms with van der Waals surface area (Å²) in [6.45, 7) is 0.527. The van der Waals surface area contributed by atoms with Crippen LogP contribution >= 0.6 is 11.6 Å². The second kappa shape index (κ2) is 5.55. The molecule has 3 aromatic rings. The van der Waals surface area contributed by atoms with Gasteiger partial charge in [-0.3, -0.25) is 10.2 Å². The zero-order valence-corrected chi connectivity index (χ0v) is 11.8. The van der Waals surface area contributed by atoms with Crippen LogP contribution in [-0.2, 0) is 6.54 Å². The van der Waals surface area contributed by atoms with Gasteiger partial charge in [-0.15, -0.1) is 0 Å². The van der Waals surface area contributed by atoms with Crippen molar-refractivity contribution in [2.45, 2.75) is 6.54 Å². The number of amides is 1.